The highest BCUT2D eigenvalue weighted by molar-refractivity contribution is 7.99. The fraction of sp³-hybridized carbons (Fsp3) is 0.506. The molecule has 14 atom stereocenters. The number of hydrogen-bond donors (Lipinski definition) is 20. The Balaban J connectivity index is 1.25. The number of rotatable bonds is 35. The summed E-state index contributed by atoms with van der Waals surface area (Å²) in [4.78, 5) is 252. The lowest BCUT2D eigenvalue weighted by molar-refractivity contribution is -0.148. The van der Waals surface area contributed by atoms with Crippen LogP contribution in [-0.4, -0.2) is 280 Å². The van der Waals surface area contributed by atoms with Crippen LogP contribution in [-0.2, 0) is 112 Å². The Hall–Kier alpha value is -11.9. The second-order valence-electron chi connectivity index (χ2n) is 29.1. The van der Waals surface area contributed by atoms with Crippen LogP contribution in [0.4, 0.5) is 0 Å². The van der Waals surface area contributed by atoms with Gasteiger partial charge in [-0.1, -0.05) is 54.6 Å². The number of carboxylic acids is 3. The summed E-state index contributed by atoms with van der Waals surface area (Å²) in [6, 6.07) is -2.84. The molecular formula is C77H104N20O21S3. The monoisotopic (exact) mass is 1740 g/mol. The third-order valence-electron chi connectivity index (χ3n) is 19.7. The number of fused-ring (bicyclic) bond motifs is 4. The quantitative estimate of drug-likeness (QED) is 0.0119. The number of aliphatic hydroxyl groups excluding tert-OH is 1. The number of hydrogen-bond acceptors (Lipinski definition) is 24. The number of aliphatic hydroxyl groups is 1. The van der Waals surface area contributed by atoms with Crippen molar-refractivity contribution in [1.82, 2.24) is 88.6 Å². The average molecular weight is 1740 g/mol. The van der Waals surface area contributed by atoms with Gasteiger partial charge in [0.15, 0.2) is 5.96 Å². The maximum absolute atomic E-state index is 15.2. The van der Waals surface area contributed by atoms with Gasteiger partial charge >= 0.3 is 17.9 Å². The van der Waals surface area contributed by atoms with Gasteiger partial charge in [-0.05, 0) is 105 Å². The lowest BCUT2D eigenvalue weighted by atomic mass is 10.0. The molecule has 4 aromatic rings. The molecule has 22 N–H and O–H groups in total. The first-order valence-electron chi connectivity index (χ1n) is 38.9. The first-order valence-corrected chi connectivity index (χ1v) is 42.6. The number of carbonyl (C=O) groups is 17. The molecule has 41 nitrogen and oxygen atoms in total. The minimum atomic E-state index is -2.12. The lowest BCUT2D eigenvalue weighted by Gasteiger charge is -2.34. The van der Waals surface area contributed by atoms with Crippen molar-refractivity contribution in [2.45, 2.75) is 200 Å². The highest BCUT2D eigenvalue weighted by Gasteiger charge is 2.46. The van der Waals surface area contributed by atoms with Crippen molar-refractivity contribution in [1.29, 1.82) is 5.41 Å². The summed E-state index contributed by atoms with van der Waals surface area (Å²) in [5.74, 6) is -18.6. The number of aromatic amines is 1. The van der Waals surface area contributed by atoms with Crippen molar-refractivity contribution in [3.05, 3.63) is 120 Å². The number of carbonyl (C=O) groups excluding carboxylic acids is 14. The first-order chi connectivity index (χ1) is 57.7. The number of nitrogens with zero attached hydrogens (tertiary/aromatic N) is 4. The van der Waals surface area contributed by atoms with Crippen molar-refractivity contribution >= 4 is 142 Å². The van der Waals surface area contributed by atoms with Crippen molar-refractivity contribution in [3.8, 4) is 0 Å². The van der Waals surface area contributed by atoms with Crippen molar-refractivity contribution < 1.29 is 102 Å². The van der Waals surface area contributed by atoms with E-state index in [1.807, 2.05) is 6.26 Å². The van der Waals surface area contributed by atoms with E-state index in [0.29, 0.717) is 40.8 Å². The number of pyridine rings is 1. The summed E-state index contributed by atoms with van der Waals surface area (Å²) in [6.45, 7) is 2.49. The molecule has 3 aliphatic heterocycles. The average Bonchev–Trinajstić information content (AvgIpc) is 1.67. The number of thioether (sulfide) groups is 3. The summed E-state index contributed by atoms with van der Waals surface area (Å²) in [5, 5.41) is 78.9. The van der Waals surface area contributed by atoms with E-state index in [0.717, 1.165) is 18.7 Å². The molecule has 3 aliphatic rings. The molecule has 0 saturated carbocycles. The zero-order valence-corrected chi connectivity index (χ0v) is 69.1. The van der Waals surface area contributed by atoms with Gasteiger partial charge < -0.3 is 110 Å². The van der Waals surface area contributed by atoms with Gasteiger partial charge in [0, 0.05) is 93.8 Å². The number of carboxylic acid groups (broad SMARTS) is 3. The number of guanidine groups is 1. The molecule has 0 radical (unpaired) electrons. The number of amides is 14. The Morgan fingerprint density at radius 3 is 1.80 bits per heavy atom. The smallest absolute Gasteiger partial charge is 0.305 e. The number of aliphatic carboxylic acids is 3. The highest BCUT2D eigenvalue weighted by Crippen LogP contribution is 2.28. The maximum Gasteiger partial charge on any atom is 0.305 e. The fourth-order valence-corrected chi connectivity index (χ4v) is 16.0. The van der Waals surface area contributed by atoms with Crippen molar-refractivity contribution in [2.24, 2.45) is 11.5 Å². The summed E-state index contributed by atoms with van der Waals surface area (Å²) in [5.41, 5.74) is 13.1. The van der Waals surface area contributed by atoms with Gasteiger partial charge in [-0.3, -0.25) is 91.9 Å². The van der Waals surface area contributed by atoms with E-state index >= 15 is 14.4 Å². The summed E-state index contributed by atoms with van der Waals surface area (Å²) in [6.07, 6.45) is 1.48. The van der Waals surface area contributed by atoms with Crippen LogP contribution in [0.2, 0.25) is 0 Å². The number of aromatic nitrogens is 3. The number of primary amides is 1. The molecule has 0 aliphatic carbocycles. The van der Waals surface area contributed by atoms with E-state index < -0.39 is 229 Å². The Morgan fingerprint density at radius 2 is 1.20 bits per heavy atom. The minimum Gasteiger partial charge on any atom is -0.481 e. The Bertz CT molecular complexity index is 4330. The standard InChI is InChI=1S/C77H104N20O21S3/c1-41(98)63-74(116)87-49(18-19-60(100)101)66(108)89-52(30-43-11-5-4-6-12-43)69(111)93-56(38-120-36-45-13-7-14-46(29-45)37-121-39-57(94-67(109)50(22-28-119-3)85-42(2)99)75(117)97-27-10-17-59(97)76(118)96-26-9-16-58(96)73(115)95-63)72(114)92-55(34-62(104)105)71(113)91-54(32-47-35-82-40-84-47)70(112)90-53(31-44-20-24-81-25-21-44)68(110)86-48(15-8-23-83-77(79)80)65(107)88-51(64(78)106)33-61(102)103/h4-7,11-14,20-21,24-25,29,35,40-41,48-59,63,98H,8-10,15-19,22-23,26-28,30-34,36-39H2,1-3H3,(H2,78,106)(H,82,84)(H,85,99)(H,86,110)(H,87,116)(H,88,107)(H,89,108)(H,90,112)(H,91,113)(H,92,114)(H,93,111)(H,94,109)(H,95,115)(H,100,101)(H,102,103)(H,104,105)(H4,79,80,83)/t41-,48+,49+,50+,51+,52+,53+,54+,55+,56+,57+,58+,59+,63+/m1/s1. The van der Waals surface area contributed by atoms with Crippen LogP contribution in [0.25, 0.3) is 0 Å². The highest BCUT2D eigenvalue weighted by atomic mass is 32.2. The number of imidazole rings is 1. The number of nitrogens with one attached hydrogen (secondary N) is 14. The first kappa shape index (κ1) is 96.2. The maximum atomic E-state index is 15.2. The predicted molar refractivity (Wildman–Crippen MR) is 440 cm³/mol. The van der Waals surface area contributed by atoms with Gasteiger partial charge in [-0.15, -0.1) is 0 Å². The fourth-order valence-electron chi connectivity index (χ4n) is 13.5. The molecule has 44 heteroatoms. The molecule has 14 amide bonds. The second kappa shape index (κ2) is 48.4. The molecule has 2 fully saturated rings. The molecule has 121 heavy (non-hydrogen) atoms. The molecule has 5 heterocycles. The van der Waals surface area contributed by atoms with Crippen LogP contribution in [0.1, 0.15) is 112 Å². The molecule has 0 spiro atoms. The Labute approximate surface area is 708 Å². The molecule has 2 aromatic heterocycles. The molecule has 656 valence electrons. The lowest BCUT2D eigenvalue weighted by Crippen LogP contribution is -2.62. The SMILES string of the molecule is CSCC[C@H](NC(C)=O)C(=O)N[C@H]1CSCc2cccc(c2)CSC[C@@H](C(=O)N[C@@H](CC(=O)O)C(=O)N[C@@H](Cc2c[nH]cn2)C(=O)N[C@@H](Cc2ccncc2)C(=O)N[C@@H](CCCNC(=N)N)C(=O)N[C@@H](CC(=O)O)C(N)=O)NC(=O)[C@H](Cc2ccccc2)NC(=O)[C@H](CCC(=O)O)NC(=O)[C@H]([C@@H](C)O)NC(=O)[C@@H]2CCCN2C(=O)[C@@H]2CCCN2C1=O. The van der Waals surface area contributed by atoms with Gasteiger partial charge in [-0.25, -0.2) is 4.98 Å². The van der Waals surface area contributed by atoms with Crippen LogP contribution < -0.4 is 75.3 Å². The van der Waals surface area contributed by atoms with Crippen LogP contribution in [0.15, 0.2) is 91.6 Å². The third-order valence-corrected chi connectivity index (χ3v) is 22.5. The number of benzene rings is 2. The van der Waals surface area contributed by atoms with Gasteiger partial charge in [-0.2, -0.15) is 35.3 Å². The number of H-pyrrole nitrogens is 1. The van der Waals surface area contributed by atoms with Crippen LogP contribution in [0.3, 0.4) is 0 Å². The molecule has 7 rings (SSSR count). The van der Waals surface area contributed by atoms with Gasteiger partial charge in [0.1, 0.15) is 78.5 Å². The largest absolute Gasteiger partial charge is 0.481 e. The molecule has 2 aromatic carbocycles. The van der Waals surface area contributed by atoms with Crippen molar-refractivity contribution in [3.63, 3.8) is 0 Å². The summed E-state index contributed by atoms with van der Waals surface area (Å²) >= 11 is 3.72. The normalized spacial score (nSPS) is 20.7. The van der Waals surface area contributed by atoms with Crippen LogP contribution in [0.5, 0.6) is 0 Å². The number of nitrogens with two attached hydrogens (primary N) is 2. The Kier molecular flexibility index (Phi) is 38.4. The molecule has 2 saturated heterocycles. The summed E-state index contributed by atoms with van der Waals surface area (Å²) < 4.78 is 0. The second-order valence-corrected chi connectivity index (χ2v) is 32.1. The van der Waals surface area contributed by atoms with Gasteiger partial charge in [0.2, 0.25) is 82.7 Å². The summed E-state index contributed by atoms with van der Waals surface area (Å²) in [7, 11) is 0. The van der Waals surface area contributed by atoms with E-state index in [9.17, 15) is 87.5 Å². The van der Waals surface area contributed by atoms with E-state index in [2.05, 4.69) is 78.8 Å². The van der Waals surface area contributed by atoms with Crippen LogP contribution >= 0.6 is 35.3 Å². The van der Waals surface area contributed by atoms with Gasteiger partial charge in [0.25, 0.3) is 0 Å². The van der Waals surface area contributed by atoms with E-state index in [1.54, 1.807) is 54.6 Å². The Morgan fingerprint density at radius 1 is 0.620 bits per heavy atom. The van der Waals surface area contributed by atoms with E-state index in [-0.39, 0.29) is 87.5 Å². The molecular weight excluding hydrogens is 1640 g/mol. The van der Waals surface area contributed by atoms with Gasteiger partial charge in [0.05, 0.1) is 31.0 Å². The van der Waals surface area contributed by atoms with Crippen molar-refractivity contribution in [2.75, 3.05) is 43.1 Å². The minimum absolute atomic E-state index is 0.0188. The topological polar surface area (TPSA) is 639 Å². The van der Waals surface area contributed by atoms with E-state index in [4.69, 9.17) is 16.9 Å². The molecule has 2 bridgehead atoms. The van der Waals surface area contributed by atoms with E-state index in [1.165, 1.54) is 77.3 Å². The zero-order chi connectivity index (χ0) is 88.4. The third kappa shape index (κ3) is 31.3. The predicted octanol–water partition coefficient (Wildman–Crippen LogP) is -3.96. The van der Waals surface area contributed by atoms with Crippen LogP contribution in [0, 0.1) is 5.41 Å². The molecule has 0 unspecified atom stereocenters. The zero-order valence-electron chi connectivity index (χ0n) is 66.7.